The molecule has 106 valence electrons. The molecule has 0 aromatic carbocycles. The molecule has 0 saturated carbocycles. The van der Waals surface area contributed by atoms with E-state index in [9.17, 15) is 9.35 Å². The number of methoxy groups -OCH3 is 1. The Labute approximate surface area is 112 Å². The fourth-order valence-electron chi connectivity index (χ4n) is 1.83. The second kappa shape index (κ2) is 6.23. The van der Waals surface area contributed by atoms with E-state index in [2.05, 4.69) is 0 Å². The van der Waals surface area contributed by atoms with Gasteiger partial charge in [0.25, 0.3) is 0 Å². The normalized spacial score (nSPS) is 28.9. The standard InChI is InChI=1S/C12H23NO4S/c1-6-17-11(14)10-9(2)13(10)18(15)12(3,4)7-8-16-5/h9-10H,6-8H2,1-5H3/t9-,10-,13?,18-/m0/s1. The summed E-state index contributed by atoms with van der Waals surface area (Å²) in [5, 5.41) is 0. The van der Waals surface area contributed by atoms with Gasteiger partial charge in [-0.25, -0.2) is 0 Å². The summed E-state index contributed by atoms with van der Waals surface area (Å²) in [5.41, 5.74) is 0. The highest BCUT2D eigenvalue weighted by molar-refractivity contribution is 7.90. The summed E-state index contributed by atoms with van der Waals surface area (Å²) in [7, 11) is 1.63. The number of rotatable bonds is 7. The Morgan fingerprint density at radius 2 is 2.11 bits per heavy atom. The summed E-state index contributed by atoms with van der Waals surface area (Å²) >= 11 is -1.20. The SMILES string of the molecule is CCOC(=O)[C@@H]1[C@H](C)N1[S@@+]([O-])C(C)(C)CCOC. The van der Waals surface area contributed by atoms with Crippen molar-refractivity contribution in [1.29, 1.82) is 0 Å². The molecule has 0 N–H and O–H groups in total. The molecule has 6 heteroatoms. The van der Waals surface area contributed by atoms with E-state index in [-0.39, 0.29) is 18.1 Å². The van der Waals surface area contributed by atoms with Gasteiger partial charge in [0.1, 0.15) is 4.75 Å². The Bertz CT molecular complexity index is 298. The van der Waals surface area contributed by atoms with E-state index in [0.29, 0.717) is 19.6 Å². The number of esters is 1. The first-order chi connectivity index (χ1) is 8.36. The van der Waals surface area contributed by atoms with Crippen LogP contribution in [0, 0.1) is 0 Å². The van der Waals surface area contributed by atoms with E-state index in [0.717, 1.165) is 0 Å². The summed E-state index contributed by atoms with van der Waals surface area (Å²) in [4.78, 5) is 11.6. The highest BCUT2D eigenvalue weighted by atomic mass is 32.2. The van der Waals surface area contributed by atoms with Gasteiger partial charge in [0.15, 0.2) is 6.04 Å². The average molecular weight is 277 g/mol. The van der Waals surface area contributed by atoms with Gasteiger partial charge in [0, 0.05) is 24.9 Å². The van der Waals surface area contributed by atoms with Gasteiger partial charge in [0.2, 0.25) is 0 Å². The van der Waals surface area contributed by atoms with Crippen molar-refractivity contribution in [2.45, 2.75) is 50.9 Å². The Hall–Kier alpha value is -0.300. The van der Waals surface area contributed by atoms with E-state index >= 15 is 0 Å². The van der Waals surface area contributed by atoms with Gasteiger partial charge in [-0.2, -0.15) is 0 Å². The molecule has 0 bridgehead atoms. The molecule has 0 aromatic heterocycles. The molecule has 0 aromatic rings. The predicted octanol–water partition coefficient (Wildman–Crippen LogP) is 1.10. The number of hydrogen-bond acceptors (Lipinski definition) is 5. The van der Waals surface area contributed by atoms with E-state index in [1.165, 1.54) is 0 Å². The van der Waals surface area contributed by atoms with Gasteiger partial charge in [-0.05, 0) is 27.7 Å². The molecular formula is C12H23NO4S. The van der Waals surface area contributed by atoms with E-state index in [1.807, 2.05) is 20.8 Å². The fraction of sp³-hybridized carbons (Fsp3) is 0.917. The third-order valence-corrected chi connectivity index (χ3v) is 5.24. The zero-order valence-electron chi connectivity index (χ0n) is 11.8. The number of ether oxygens (including phenoxy) is 2. The number of carbonyl (C=O) groups is 1. The quantitative estimate of drug-likeness (QED) is 0.396. The fourth-order valence-corrected chi connectivity index (χ4v) is 3.49. The lowest BCUT2D eigenvalue weighted by atomic mass is 10.1. The zero-order chi connectivity index (χ0) is 13.9. The van der Waals surface area contributed by atoms with E-state index in [4.69, 9.17) is 9.47 Å². The third kappa shape index (κ3) is 3.38. The molecule has 0 aliphatic carbocycles. The van der Waals surface area contributed by atoms with Crippen LogP contribution < -0.4 is 0 Å². The maximum absolute atomic E-state index is 12.4. The molecule has 1 rings (SSSR count). The third-order valence-electron chi connectivity index (χ3n) is 3.14. The minimum absolute atomic E-state index is 0.00768. The van der Waals surface area contributed by atoms with Crippen molar-refractivity contribution < 1.29 is 18.8 Å². The molecule has 0 amide bonds. The molecule has 0 spiro atoms. The van der Waals surface area contributed by atoms with Crippen LogP contribution in [0.1, 0.15) is 34.1 Å². The molecule has 18 heavy (non-hydrogen) atoms. The van der Waals surface area contributed by atoms with Gasteiger partial charge in [-0.15, -0.1) is 4.31 Å². The van der Waals surface area contributed by atoms with Crippen LogP contribution in [0.3, 0.4) is 0 Å². The van der Waals surface area contributed by atoms with Crippen LogP contribution in [0.25, 0.3) is 0 Å². The molecule has 4 atom stereocenters. The molecule has 1 saturated heterocycles. The highest BCUT2D eigenvalue weighted by Crippen LogP contribution is 2.39. The summed E-state index contributed by atoms with van der Waals surface area (Å²) in [6.07, 6.45) is 0.689. The van der Waals surface area contributed by atoms with E-state index in [1.54, 1.807) is 18.3 Å². The van der Waals surface area contributed by atoms with Gasteiger partial charge >= 0.3 is 5.97 Å². The van der Waals surface area contributed by atoms with Gasteiger partial charge in [-0.1, -0.05) is 0 Å². The predicted molar refractivity (Wildman–Crippen MR) is 70.4 cm³/mol. The summed E-state index contributed by atoms with van der Waals surface area (Å²) in [6, 6.07) is -0.362. The molecule has 1 fully saturated rings. The molecule has 1 heterocycles. The van der Waals surface area contributed by atoms with Crippen LogP contribution in [0.4, 0.5) is 0 Å². The maximum Gasteiger partial charge on any atom is 0.329 e. The Morgan fingerprint density at radius 3 is 2.61 bits per heavy atom. The summed E-state index contributed by atoms with van der Waals surface area (Å²) < 4.78 is 23.7. The van der Waals surface area contributed by atoms with Crippen molar-refractivity contribution >= 4 is 17.3 Å². The van der Waals surface area contributed by atoms with Crippen molar-refractivity contribution in [2.24, 2.45) is 0 Å². The molecule has 1 aliphatic rings. The van der Waals surface area contributed by atoms with Crippen molar-refractivity contribution in [3.8, 4) is 0 Å². The number of hydrogen-bond donors (Lipinski definition) is 0. The first-order valence-corrected chi connectivity index (χ1v) is 7.33. The van der Waals surface area contributed by atoms with Crippen molar-refractivity contribution in [2.75, 3.05) is 20.3 Å². The van der Waals surface area contributed by atoms with Crippen molar-refractivity contribution in [1.82, 2.24) is 4.31 Å². The topological polar surface area (TPSA) is 61.6 Å². The van der Waals surface area contributed by atoms with Crippen LogP contribution >= 0.6 is 0 Å². The van der Waals surface area contributed by atoms with Crippen LogP contribution in [-0.2, 0) is 25.6 Å². The van der Waals surface area contributed by atoms with Gasteiger partial charge in [-0.3, -0.25) is 4.79 Å². The van der Waals surface area contributed by atoms with Crippen LogP contribution in [0.2, 0.25) is 0 Å². The Balaban J connectivity index is 2.58. The lowest BCUT2D eigenvalue weighted by Crippen LogP contribution is -2.39. The number of nitrogens with zero attached hydrogens (tertiary/aromatic N) is 1. The highest BCUT2D eigenvalue weighted by Gasteiger charge is 2.61. The summed E-state index contributed by atoms with van der Waals surface area (Å²) in [5.74, 6) is -0.277. The Morgan fingerprint density at radius 1 is 1.50 bits per heavy atom. The second-order valence-electron chi connectivity index (χ2n) is 5.05. The molecule has 0 radical (unpaired) electrons. The molecule has 1 aliphatic heterocycles. The van der Waals surface area contributed by atoms with Crippen LogP contribution in [-0.4, -0.2) is 52.0 Å². The average Bonchev–Trinajstić information content (AvgIpc) is 2.97. The lowest BCUT2D eigenvalue weighted by Gasteiger charge is -2.28. The first kappa shape index (κ1) is 15.8. The summed E-state index contributed by atoms with van der Waals surface area (Å²) in [6.45, 7) is 8.44. The molecular weight excluding hydrogens is 254 g/mol. The molecule has 1 unspecified atom stereocenters. The maximum atomic E-state index is 12.4. The van der Waals surface area contributed by atoms with Crippen molar-refractivity contribution in [3.63, 3.8) is 0 Å². The minimum Gasteiger partial charge on any atom is -0.597 e. The van der Waals surface area contributed by atoms with E-state index < -0.39 is 16.1 Å². The molecule has 5 nitrogen and oxygen atoms in total. The second-order valence-corrected chi connectivity index (χ2v) is 7.07. The monoisotopic (exact) mass is 277 g/mol. The Kier molecular flexibility index (Phi) is 5.46. The minimum atomic E-state index is -1.20. The van der Waals surface area contributed by atoms with Gasteiger partial charge < -0.3 is 14.0 Å². The largest absolute Gasteiger partial charge is 0.597 e. The zero-order valence-corrected chi connectivity index (χ0v) is 12.6. The number of carbonyl (C=O) groups excluding carboxylic acids is 1. The smallest absolute Gasteiger partial charge is 0.329 e. The van der Waals surface area contributed by atoms with Crippen LogP contribution in [0.5, 0.6) is 0 Å². The lowest BCUT2D eigenvalue weighted by molar-refractivity contribution is -0.143. The van der Waals surface area contributed by atoms with Crippen molar-refractivity contribution in [3.05, 3.63) is 0 Å². The first-order valence-electron chi connectivity index (χ1n) is 6.22. The van der Waals surface area contributed by atoms with Crippen LogP contribution in [0.15, 0.2) is 0 Å². The van der Waals surface area contributed by atoms with Gasteiger partial charge in [0.05, 0.1) is 19.3 Å².